The van der Waals surface area contributed by atoms with E-state index in [0.29, 0.717) is 22.8 Å². The second kappa shape index (κ2) is 21.8. The number of Topliss-reactive ketones (excluding diaryl/α,β-unsaturated/α-hetero) is 1. The summed E-state index contributed by atoms with van der Waals surface area (Å²) in [6.45, 7) is 14.1. The number of carbonyl (C=O) groups excluding carboxylic acids is 6. The number of hydrogen-bond acceptors (Lipinski definition) is 11. The van der Waals surface area contributed by atoms with E-state index < -0.39 is 59.5 Å². The third-order valence-corrected chi connectivity index (χ3v) is 11.4. The molecule has 5 N–H and O–H groups in total. The summed E-state index contributed by atoms with van der Waals surface area (Å²) < 4.78 is 23.4. The van der Waals surface area contributed by atoms with Crippen molar-refractivity contribution in [3.05, 3.63) is 76.3 Å². The first-order valence-corrected chi connectivity index (χ1v) is 21.4. The quantitative estimate of drug-likeness (QED) is 0.137. The zero-order chi connectivity index (χ0) is 45.2. The van der Waals surface area contributed by atoms with Crippen LogP contribution in [-0.4, -0.2) is 85.5 Å². The Morgan fingerprint density at radius 1 is 0.984 bits per heavy atom. The van der Waals surface area contributed by atoms with Crippen LogP contribution in [0.25, 0.3) is 0 Å². The number of rotatable bonds is 15. The fraction of sp³-hybridized carbons (Fsp3) is 0.565. The molecule has 0 aromatic heterocycles. The molecule has 334 valence electrons. The third kappa shape index (κ3) is 14.1. The predicted molar refractivity (Wildman–Crippen MR) is 230 cm³/mol. The van der Waals surface area contributed by atoms with Crippen LogP contribution in [0, 0.1) is 23.2 Å². The highest BCUT2D eigenvalue weighted by Crippen LogP contribution is 2.45. The van der Waals surface area contributed by atoms with Gasteiger partial charge in [0, 0.05) is 31.7 Å². The van der Waals surface area contributed by atoms with Crippen molar-refractivity contribution in [1.82, 2.24) is 16.0 Å². The van der Waals surface area contributed by atoms with E-state index in [1.54, 1.807) is 45.0 Å². The normalized spacial score (nSPS) is 24.4. The number of carbonyl (C=O) groups is 6. The zero-order valence-corrected chi connectivity index (χ0v) is 37.5. The number of nitrogens with two attached hydrogens (primary N) is 1. The molecule has 2 aliphatic rings. The molecule has 2 heterocycles. The molecule has 15 heteroatoms. The van der Waals surface area contributed by atoms with Gasteiger partial charge in [-0.2, -0.15) is 0 Å². The predicted octanol–water partition coefficient (Wildman–Crippen LogP) is 5.11. The molecule has 1 saturated heterocycles. The largest absolute Gasteiger partial charge is 0.495 e. The molecule has 61 heavy (non-hydrogen) atoms. The molecule has 2 aliphatic heterocycles. The molecule has 0 bridgehead atoms. The van der Waals surface area contributed by atoms with Gasteiger partial charge in [0.1, 0.15) is 24.0 Å². The molecule has 2 aromatic rings. The number of ether oxygens (including phenoxy) is 4. The molecule has 4 rings (SSSR count). The molecular formula is C46H63ClN4O10. The highest BCUT2D eigenvalue weighted by Gasteiger charge is 2.48. The lowest BCUT2D eigenvalue weighted by atomic mass is 9.92. The summed E-state index contributed by atoms with van der Waals surface area (Å²) in [7, 11) is 1.50. The molecule has 0 aliphatic carbocycles. The lowest BCUT2D eigenvalue weighted by Crippen LogP contribution is -2.51. The van der Waals surface area contributed by atoms with E-state index in [2.05, 4.69) is 16.0 Å². The maximum absolute atomic E-state index is 13.8. The van der Waals surface area contributed by atoms with E-state index in [4.69, 9.17) is 36.3 Å². The molecular weight excluding hydrogens is 804 g/mol. The fourth-order valence-electron chi connectivity index (χ4n) is 6.87. The Labute approximate surface area is 364 Å². The van der Waals surface area contributed by atoms with Crippen LogP contribution in [0.3, 0.4) is 0 Å². The topological polar surface area (TPSA) is 205 Å². The Balaban J connectivity index is 1.49. The summed E-state index contributed by atoms with van der Waals surface area (Å²) in [6.07, 6.45) is 1.43. The van der Waals surface area contributed by atoms with Crippen LogP contribution in [0.1, 0.15) is 97.4 Å². The van der Waals surface area contributed by atoms with Gasteiger partial charge < -0.3 is 40.6 Å². The Hall–Kier alpha value is -4.79. The highest BCUT2D eigenvalue weighted by molar-refractivity contribution is 6.32. The van der Waals surface area contributed by atoms with Crippen molar-refractivity contribution in [2.45, 2.75) is 130 Å². The summed E-state index contributed by atoms with van der Waals surface area (Å²) in [5, 5.41) is 8.60. The van der Waals surface area contributed by atoms with Crippen LogP contribution in [0.4, 0.5) is 0 Å². The summed E-state index contributed by atoms with van der Waals surface area (Å²) in [6, 6.07) is 10.4. The number of hydrogen-bond donors (Lipinski definition) is 4. The first kappa shape index (κ1) is 48.9. The highest BCUT2D eigenvalue weighted by atomic mass is 35.5. The molecule has 8 atom stereocenters. The average molecular weight is 867 g/mol. The van der Waals surface area contributed by atoms with E-state index in [1.165, 1.54) is 13.2 Å². The number of epoxide rings is 1. The molecule has 0 radical (unpaired) electrons. The van der Waals surface area contributed by atoms with Crippen molar-refractivity contribution in [3.63, 3.8) is 0 Å². The maximum Gasteiger partial charge on any atom is 0.347 e. The van der Waals surface area contributed by atoms with Crippen molar-refractivity contribution in [3.8, 4) is 5.75 Å². The van der Waals surface area contributed by atoms with Crippen LogP contribution >= 0.6 is 11.6 Å². The smallest absolute Gasteiger partial charge is 0.347 e. The van der Waals surface area contributed by atoms with E-state index in [9.17, 15) is 28.8 Å². The summed E-state index contributed by atoms with van der Waals surface area (Å²) >= 11 is 6.35. The SMILES string of the molecule is COc1ccc(C[C@@H]2NC(=O)/C=C/C[C@@H]([C@H](C)[C@H]3O[C@@H]3c3ccc(CCC(=O)[C@H](C)NC(=O)[C@@H](N)C(C)C)cc3)OC(=O)[C@H](CC(C)C)OC(=O)C(C)(C)CNC2=O)cc1Cl. The lowest BCUT2D eigenvalue weighted by Gasteiger charge is -2.29. The van der Waals surface area contributed by atoms with Gasteiger partial charge in [0.05, 0.1) is 35.7 Å². The van der Waals surface area contributed by atoms with Crippen molar-refractivity contribution < 1.29 is 47.7 Å². The van der Waals surface area contributed by atoms with Crippen molar-refractivity contribution >= 4 is 47.0 Å². The average Bonchev–Trinajstić information content (AvgIpc) is 4.01. The number of methoxy groups -OCH3 is 1. The minimum Gasteiger partial charge on any atom is -0.495 e. The second-order valence-corrected chi connectivity index (χ2v) is 18.0. The van der Waals surface area contributed by atoms with Crippen LogP contribution in [0.15, 0.2) is 54.6 Å². The molecule has 2 aromatic carbocycles. The van der Waals surface area contributed by atoms with Crippen LogP contribution in [0.2, 0.25) is 5.02 Å². The fourth-order valence-corrected chi connectivity index (χ4v) is 7.15. The van der Waals surface area contributed by atoms with Crippen molar-refractivity contribution in [1.29, 1.82) is 0 Å². The molecule has 0 unspecified atom stereocenters. The van der Waals surface area contributed by atoms with Crippen LogP contribution < -0.4 is 26.4 Å². The van der Waals surface area contributed by atoms with Gasteiger partial charge in [0.2, 0.25) is 17.7 Å². The third-order valence-electron chi connectivity index (χ3n) is 11.1. The Kier molecular flexibility index (Phi) is 17.5. The van der Waals surface area contributed by atoms with Gasteiger partial charge in [-0.05, 0) is 80.3 Å². The first-order valence-electron chi connectivity index (χ1n) is 21.0. The molecule has 3 amide bonds. The Morgan fingerprint density at radius 3 is 2.28 bits per heavy atom. The zero-order valence-electron chi connectivity index (χ0n) is 36.8. The number of cyclic esters (lactones) is 2. The summed E-state index contributed by atoms with van der Waals surface area (Å²) in [5.41, 5.74) is 7.19. The lowest BCUT2D eigenvalue weighted by molar-refractivity contribution is -0.179. The van der Waals surface area contributed by atoms with Gasteiger partial charge in [-0.1, -0.05) is 82.6 Å². The Morgan fingerprint density at radius 2 is 1.66 bits per heavy atom. The molecule has 1 fully saturated rings. The molecule has 14 nitrogen and oxygen atoms in total. The van der Waals surface area contributed by atoms with Gasteiger partial charge >= 0.3 is 11.9 Å². The standard InChI is InChI=1S/C46H63ClN4O10/c1-25(2)21-37-44(56)59-35(27(5)40-41(61-40)31-17-13-29(14-18-31)15-19-34(52)28(6)50-43(55)39(48)26(3)4)11-10-12-38(53)51-33(23-30-16-20-36(58-9)32(47)22-30)42(54)49-24-46(7,8)45(57)60-37/h10,12-14,16-18,20,22,25-28,33,35,37,39-41H,11,15,19,21,23-24,48H2,1-9H3,(H,49,54)(H,50,55)(H,51,53)/b12-10+/t27-,28-,33-,35-,37-,39-,40+,41+/m0/s1. The van der Waals surface area contributed by atoms with E-state index in [-0.39, 0.29) is 73.9 Å². The molecule has 0 saturated carbocycles. The number of nitrogens with one attached hydrogen (secondary N) is 3. The van der Waals surface area contributed by atoms with Gasteiger partial charge in [0.15, 0.2) is 11.9 Å². The van der Waals surface area contributed by atoms with E-state index >= 15 is 0 Å². The van der Waals surface area contributed by atoms with Gasteiger partial charge in [-0.3, -0.25) is 24.0 Å². The summed E-state index contributed by atoms with van der Waals surface area (Å²) in [5.74, 6) is -2.89. The number of halogens is 1. The van der Waals surface area contributed by atoms with E-state index in [0.717, 1.165) is 11.1 Å². The van der Waals surface area contributed by atoms with Crippen LogP contribution in [-0.2, 0) is 55.8 Å². The van der Waals surface area contributed by atoms with Gasteiger partial charge in [-0.15, -0.1) is 0 Å². The minimum absolute atomic E-state index is 0.0272. The number of amides is 3. The van der Waals surface area contributed by atoms with Crippen molar-refractivity contribution in [2.75, 3.05) is 13.7 Å². The number of ketones is 1. The van der Waals surface area contributed by atoms with E-state index in [1.807, 2.05) is 58.9 Å². The van der Waals surface area contributed by atoms with Crippen LogP contribution in [0.5, 0.6) is 5.75 Å². The second-order valence-electron chi connectivity index (χ2n) is 17.6. The monoisotopic (exact) mass is 866 g/mol. The summed E-state index contributed by atoms with van der Waals surface area (Å²) in [4.78, 5) is 79.4. The van der Waals surface area contributed by atoms with Crippen molar-refractivity contribution in [2.24, 2.45) is 28.9 Å². The van der Waals surface area contributed by atoms with Gasteiger partial charge in [-0.25, -0.2) is 4.79 Å². The molecule has 0 spiro atoms. The number of esters is 2. The maximum atomic E-state index is 13.8. The first-order chi connectivity index (χ1) is 28.7. The number of aryl methyl sites for hydroxylation is 1. The minimum atomic E-state index is -1.25. The number of benzene rings is 2. The Bertz CT molecular complexity index is 1920. The van der Waals surface area contributed by atoms with Gasteiger partial charge in [0.25, 0.3) is 0 Å².